The molecule has 0 amide bonds. The van der Waals surface area contributed by atoms with E-state index >= 15 is 0 Å². The number of nitrogens with two attached hydrogens (primary N) is 1. The van der Waals surface area contributed by atoms with E-state index in [1.54, 1.807) is 24.5 Å². The predicted molar refractivity (Wildman–Crippen MR) is 74.8 cm³/mol. The Bertz CT molecular complexity index is 678. The number of nitrogens with one attached hydrogen (secondary N) is 1. The maximum Gasteiger partial charge on any atom is 0.181 e. The van der Waals surface area contributed by atoms with Crippen LogP contribution in [0.25, 0.3) is 11.4 Å². The van der Waals surface area contributed by atoms with Crippen molar-refractivity contribution < 1.29 is 4.74 Å². The maximum atomic E-state index is 5.61. The quantitative estimate of drug-likeness (QED) is 0.706. The highest BCUT2D eigenvalue weighted by atomic mass is 16.5. The smallest absolute Gasteiger partial charge is 0.181 e. The number of hydrogen-bond donors (Lipinski definition) is 2. The Hall–Kier alpha value is -2.89. The Labute approximate surface area is 115 Å². The molecule has 0 aliphatic rings. The van der Waals surface area contributed by atoms with Crippen molar-refractivity contribution in [3.05, 3.63) is 54.6 Å². The largest absolute Gasteiger partial charge is 0.486 e. The van der Waals surface area contributed by atoms with Crippen LogP contribution in [0.4, 0.5) is 5.69 Å². The summed E-state index contributed by atoms with van der Waals surface area (Å²) in [6, 6.07) is 10.9. The molecule has 3 rings (SSSR count). The van der Waals surface area contributed by atoms with Crippen LogP contribution >= 0.6 is 0 Å². The second-order valence-electron chi connectivity index (χ2n) is 4.20. The fourth-order valence-electron chi connectivity index (χ4n) is 1.71. The normalized spacial score (nSPS) is 10.4. The molecule has 0 radical (unpaired) electrons. The summed E-state index contributed by atoms with van der Waals surface area (Å²) in [4.78, 5) is 8.33. The molecule has 0 saturated carbocycles. The van der Waals surface area contributed by atoms with Gasteiger partial charge in [-0.2, -0.15) is 5.10 Å². The van der Waals surface area contributed by atoms with E-state index in [-0.39, 0.29) is 0 Å². The van der Waals surface area contributed by atoms with Gasteiger partial charge >= 0.3 is 0 Å². The first kappa shape index (κ1) is 12.2. The molecule has 0 saturated heterocycles. The molecule has 20 heavy (non-hydrogen) atoms. The third kappa shape index (κ3) is 2.74. The van der Waals surface area contributed by atoms with Gasteiger partial charge in [-0.1, -0.05) is 0 Å². The number of aromatic amines is 1. The number of benzene rings is 1. The zero-order chi connectivity index (χ0) is 13.8. The minimum Gasteiger partial charge on any atom is -0.486 e. The van der Waals surface area contributed by atoms with Gasteiger partial charge in [-0.3, -0.25) is 10.1 Å². The number of hydrogen-bond acceptors (Lipinski definition) is 5. The number of pyridine rings is 1. The molecular formula is C14H13N5O. The van der Waals surface area contributed by atoms with Gasteiger partial charge in [0.25, 0.3) is 0 Å². The van der Waals surface area contributed by atoms with Crippen molar-refractivity contribution in [3.63, 3.8) is 0 Å². The lowest BCUT2D eigenvalue weighted by molar-refractivity contribution is 0.296. The molecule has 100 valence electrons. The van der Waals surface area contributed by atoms with Crippen molar-refractivity contribution in [1.29, 1.82) is 0 Å². The molecule has 6 nitrogen and oxygen atoms in total. The van der Waals surface area contributed by atoms with Crippen molar-refractivity contribution in [2.24, 2.45) is 0 Å². The topological polar surface area (TPSA) is 89.7 Å². The summed E-state index contributed by atoms with van der Waals surface area (Å²) in [5.74, 6) is 2.03. The molecule has 0 unspecified atom stereocenters. The molecule has 3 N–H and O–H groups in total. The second-order valence-corrected chi connectivity index (χ2v) is 4.20. The Morgan fingerprint density at radius 1 is 1.05 bits per heavy atom. The lowest BCUT2D eigenvalue weighted by atomic mass is 10.2. The van der Waals surface area contributed by atoms with Crippen molar-refractivity contribution in [1.82, 2.24) is 20.2 Å². The molecule has 0 spiro atoms. The molecule has 0 atom stereocenters. The van der Waals surface area contributed by atoms with Crippen LogP contribution in [0.2, 0.25) is 0 Å². The predicted octanol–water partition coefficient (Wildman–Crippen LogP) is 2.03. The maximum absolute atomic E-state index is 5.61. The number of rotatable bonds is 4. The number of nitrogens with zero attached hydrogens (tertiary/aromatic N) is 3. The van der Waals surface area contributed by atoms with Crippen LogP contribution in [-0.4, -0.2) is 20.2 Å². The van der Waals surface area contributed by atoms with Gasteiger partial charge in [0.15, 0.2) is 11.6 Å². The summed E-state index contributed by atoms with van der Waals surface area (Å²) >= 11 is 0. The van der Waals surface area contributed by atoms with E-state index in [1.165, 1.54) is 0 Å². The van der Waals surface area contributed by atoms with Gasteiger partial charge in [0.2, 0.25) is 0 Å². The van der Waals surface area contributed by atoms with Gasteiger partial charge < -0.3 is 10.5 Å². The van der Waals surface area contributed by atoms with Crippen molar-refractivity contribution in [3.8, 4) is 17.1 Å². The van der Waals surface area contributed by atoms with E-state index in [0.29, 0.717) is 23.9 Å². The fraction of sp³-hybridized carbons (Fsp3) is 0.0714. The monoisotopic (exact) mass is 267 g/mol. The summed E-state index contributed by atoms with van der Waals surface area (Å²) in [5, 5.41) is 7.00. The van der Waals surface area contributed by atoms with Crippen LogP contribution < -0.4 is 10.5 Å². The first-order valence-corrected chi connectivity index (χ1v) is 6.11. The van der Waals surface area contributed by atoms with Crippen molar-refractivity contribution in [2.75, 3.05) is 5.73 Å². The van der Waals surface area contributed by atoms with Crippen LogP contribution in [0.3, 0.4) is 0 Å². The van der Waals surface area contributed by atoms with Crippen LogP contribution in [-0.2, 0) is 6.61 Å². The molecule has 3 aromatic rings. The van der Waals surface area contributed by atoms with Crippen LogP contribution in [0.1, 0.15) is 5.82 Å². The molecule has 0 aliphatic carbocycles. The number of ether oxygens (including phenoxy) is 1. The van der Waals surface area contributed by atoms with Crippen LogP contribution in [0.15, 0.2) is 48.8 Å². The van der Waals surface area contributed by atoms with E-state index in [1.807, 2.05) is 24.3 Å². The average Bonchev–Trinajstić information content (AvgIpc) is 2.97. The molecule has 2 aromatic heterocycles. The number of aromatic nitrogens is 4. The zero-order valence-corrected chi connectivity index (χ0v) is 10.7. The number of H-pyrrole nitrogens is 1. The van der Waals surface area contributed by atoms with Gasteiger partial charge in [-0.15, -0.1) is 0 Å². The second kappa shape index (κ2) is 5.40. The Morgan fingerprint density at radius 2 is 1.80 bits per heavy atom. The minimum atomic E-state index is 0.321. The highest BCUT2D eigenvalue weighted by molar-refractivity contribution is 5.52. The third-order valence-corrected chi connectivity index (χ3v) is 2.73. The highest BCUT2D eigenvalue weighted by Gasteiger charge is 2.06. The molecule has 0 bridgehead atoms. The average molecular weight is 267 g/mol. The summed E-state index contributed by atoms with van der Waals surface area (Å²) in [6.07, 6.45) is 3.41. The summed E-state index contributed by atoms with van der Waals surface area (Å²) in [6.45, 7) is 0.321. The van der Waals surface area contributed by atoms with Gasteiger partial charge in [0, 0.05) is 23.6 Å². The van der Waals surface area contributed by atoms with Crippen molar-refractivity contribution >= 4 is 5.69 Å². The van der Waals surface area contributed by atoms with E-state index in [0.717, 1.165) is 11.3 Å². The SMILES string of the molecule is Nc1ccc(OCc2nc(-c3ccncc3)n[nH]2)cc1. The lowest BCUT2D eigenvalue weighted by Gasteiger charge is -2.03. The van der Waals surface area contributed by atoms with E-state index in [4.69, 9.17) is 10.5 Å². The van der Waals surface area contributed by atoms with Crippen LogP contribution in [0, 0.1) is 0 Å². The van der Waals surface area contributed by atoms with Crippen LogP contribution in [0.5, 0.6) is 5.75 Å². The molecule has 0 fully saturated rings. The van der Waals surface area contributed by atoms with Crippen molar-refractivity contribution in [2.45, 2.75) is 6.61 Å². The highest BCUT2D eigenvalue weighted by Crippen LogP contribution is 2.16. The lowest BCUT2D eigenvalue weighted by Crippen LogP contribution is -1.97. The van der Waals surface area contributed by atoms with Gasteiger partial charge in [-0.05, 0) is 36.4 Å². The number of nitrogen functional groups attached to an aromatic ring is 1. The third-order valence-electron chi connectivity index (χ3n) is 2.73. The van der Waals surface area contributed by atoms with E-state index in [2.05, 4.69) is 20.2 Å². The number of anilines is 1. The molecule has 6 heteroatoms. The summed E-state index contributed by atoms with van der Waals surface area (Å²) < 4.78 is 5.59. The Kier molecular flexibility index (Phi) is 3.28. The van der Waals surface area contributed by atoms with Gasteiger partial charge in [-0.25, -0.2) is 4.98 Å². The Morgan fingerprint density at radius 3 is 2.55 bits per heavy atom. The fourth-order valence-corrected chi connectivity index (χ4v) is 1.71. The van der Waals surface area contributed by atoms with E-state index < -0.39 is 0 Å². The first-order valence-electron chi connectivity index (χ1n) is 6.11. The molecular weight excluding hydrogens is 254 g/mol. The minimum absolute atomic E-state index is 0.321. The standard InChI is InChI=1S/C14H13N5O/c15-11-1-3-12(4-2-11)20-9-13-17-14(19-18-13)10-5-7-16-8-6-10/h1-8H,9,15H2,(H,17,18,19). The molecule has 0 aliphatic heterocycles. The first-order chi connectivity index (χ1) is 9.81. The van der Waals surface area contributed by atoms with Gasteiger partial charge in [0.1, 0.15) is 12.4 Å². The van der Waals surface area contributed by atoms with Gasteiger partial charge in [0.05, 0.1) is 0 Å². The molecule has 1 aromatic carbocycles. The van der Waals surface area contributed by atoms with E-state index in [9.17, 15) is 0 Å². The summed E-state index contributed by atoms with van der Waals surface area (Å²) in [7, 11) is 0. The zero-order valence-electron chi connectivity index (χ0n) is 10.7. The molecule has 2 heterocycles. The Balaban J connectivity index is 1.67. The summed E-state index contributed by atoms with van der Waals surface area (Å²) in [5.41, 5.74) is 7.23.